The van der Waals surface area contributed by atoms with Crippen molar-refractivity contribution in [2.75, 3.05) is 13.2 Å². The van der Waals surface area contributed by atoms with Gasteiger partial charge in [0.15, 0.2) is 0 Å². The van der Waals surface area contributed by atoms with Crippen molar-refractivity contribution in [2.45, 2.75) is 51.8 Å². The first kappa shape index (κ1) is 14.8. The predicted octanol–water partition coefficient (Wildman–Crippen LogP) is 3.11. The van der Waals surface area contributed by atoms with Gasteiger partial charge in [-0.15, -0.1) is 0 Å². The zero-order chi connectivity index (χ0) is 13.1. The third kappa shape index (κ3) is 4.84. The average molecular weight is 253 g/mol. The molecule has 1 atom stereocenters. The molecule has 0 amide bonds. The van der Waals surface area contributed by atoms with Crippen molar-refractivity contribution in [2.24, 2.45) is 17.1 Å². The van der Waals surface area contributed by atoms with Crippen LogP contribution in [0.2, 0.25) is 0 Å². The van der Waals surface area contributed by atoms with Crippen molar-refractivity contribution in [1.82, 2.24) is 0 Å². The highest BCUT2D eigenvalue weighted by Crippen LogP contribution is 2.36. The monoisotopic (exact) mass is 253 g/mol. The molecule has 2 nitrogen and oxygen atoms in total. The fourth-order valence-electron chi connectivity index (χ4n) is 2.09. The summed E-state index contributed by atoms with van der Waals surface area (Å²) in [4.78, 5) is 0. The smallest absolute Gasteiger partial charge is 0.378 e. The van der Waals surface area contributed by atoms with E-state index in [9.17, 15) is 13.2 Å². The lowest BCUT2D eigenvalue weighted by Crippen LogP contribution is -2.36. The van der Waals surface area contributed by atoms with E-state index in [1.54, 1.807) is 0 Å². The second-order valence-corrected chi connectivity index (χ2v) is 5.67. The third-order valence-corrected chi connectivity index (χ3v) is 3.57. The fourth-order valence-corrected chi connectivity index (χ4v) is 2.09. The van der Waals surface area contributed by atoms with Gasteiger partial charge in [0.25, 0.3) is 0 Å². The minimum atomic E-state index is -4.25. The number of nitrogens with two attached hydrogens (primary N) is 1. The van der Waals surface area contributed by atoms with E-state index in [1.807, 2.05) is 0 Å². The quantitative estimate of drug-likeness (QED) is 0.835. The number of alkyl halides is 3. The van der Waals surface area contributed by atoms with Gasteiger partial charge in [0.2, 0.25) is 0 Å². The first-order chi connectivity index (χ1) is 7.74. The van der Waals surface area contributed by atoms with Gasteiger partial charge in [-0.1, -0.05) is 13.8 Å². The summed E-state index contributed by atoms with van der Waals surface area (Å²) in [5.41, 5.74) is 5.42. The van der Waals surface area contributed by atoms with Crippen molar-refractivity contribution in [3.63, 3.8) is 0 Å². The largest absolute Gasteiger partial charge is 0.395 e. The first-order valence-electron chi connectivity index (χ1n) is 6.13. The van der Waals surface area contributed by atoms with E-state index in [-0.39, 0.29) is 12.7 Å². The van der Waals surface area contributed by atoms with Gasteiger partial charge < -0.3 is 10.5 Å². The molecule has 1 unspecified atom stereocenters. The van der Waals surface area contributed by atoms with Gasteiger partial charge in [0, 0.05) is 6.54 Å². The summed E-state index contributed by atoms with van der Waals surface area (Å²) in [6.07, 6.45) is -0.555. The number of ether oxygens (including phenoxy) is 1. The number of hydrogen-bond acceptors (Lipinski definition) is 2. The van der Waals surface area contributed by atoms with Crippen LogP contribution in [0.15, 0.2) is 0 Å². The summed E-state index contributed by atoms with van der Waals surface area (Å²) in [5.74, 6) is -1.53. The van der Waals surface area contributed by atoms with E-state index in [2.05, 4.69) is 13.8 Å². The van der Waals surface area contributed by atoms with Crippen LogP contribution in [0.5, 0.6) is 0 Å². The highest BCUT2D eigenvalue weighted by Gasteiger charge is 2.39. The molecule has 0 aromatic heterocycles. The number of halogens is 3. The molecule has 1 aliphatic carbocycles. The highest BCUT2D eigenvalue weighted by molar-refractivity contribution is 4.79. The fraction of sp³-hybridized carbons (Fsp3) is 1.00. The van der Waals surface area contributed by atoms with Gasteiger partial charge in [-0.3, -0.25) is 0 Å². The molecule has 1 saturated carbocycles. The van der Waals surface area contributed by atoms with Crippen LogP contribution in [-0.4, -0.2) is 25.4 Å². The summed E-state index contributed by atoms with van der Waals surface area (Å²) in [6, 6.07) is 0. The maximum atomic E-state index is 12.4. The number of hydrogen-bond donors (Lipinski definition) is 1. The molecule has 0 saturated heterocycles. The molecule has 0 radical (unpaired) electrons. The Kier molecular flexibility index (Phi) is 4.84. The summed E-state index contributed by atoms with van der Waals surface area (Å²) in [5, 5.41) is 0. The van der Waals surface area contributed by atoms with Crippen molar-refractivity contribution in [3.8, 4) is 0 Å². The van der Waals surface area contributed by atoms with Gasteiger partial charge in [-0.05, 0) is 31.1 Å². The van der Waals surface area contributed by atoms with E-state index in [0.717, 1.165) is 25.7 Å². The zero-order valence-corrected chi connectivity index (χ0v) is 10.5. The van der Waals surface area contributed by atoms with Crippen molar-refractivity contribution >= 4 is 0 Å². The lowest BCUT2D eigenvalue weighted by atomic mass is 9.76. The Balaban J connectivity index is 2.32. The Morgan fingerprint density at radius 2 is 1.82 bits per heavy atom. The van der Waals surface area contributed by atoms with Crippen molar-refractivity contribution in [3.05, 3.63) is 0 Å². The van der Waals surface area contributed by atoms with Crippen LogP contribution < -0.4 is 5.73 Å². The normalized spacial score (nSPS) is 23.6. The predicted molar refractivity (Wildman–Crippen MR) is 60.6 cm³/mol. The summed E-state index contributed by atoms with van der Waals surface area (Å²) < 4.78 is 42.7. The Labute approximate surface area is 101 Å². The Hall–Kier alpha value is -0.290. The molecule has 17 heavy (non-hydrogen) atoms. The van der Waals surface area contributed by atoms with Crippen LogP contribution in [-0.2, 0) is 4.74 Å². The topological polar surface area (TPSA) is 35.2 Å². The van der Waals surface area contributed by atoms with E-state index in [4.69, 9.17) is 10.5 Å². The van der Waals surface area contributed by atoms with E-state index >= 15 is 0 Å². The molecule has 0 aromatic carbocycles. The third-order valence-electron chi connectivity index (χ3n) is 3.57. The maximum absolute atomic E-state index is 12.4. The SMILES string of the molecule is CC1(C)CCC(OCC(CN)C(F)(F)F)CC1. The lowest BCUT2D eigenvalue weighted by molar-refractivity contribution is -0.190. The molecule has 1 fully saturated rings. The molecular formula is C12H22F3NO. The summed E-state index contributed by atoms with van der Waals surface area (Å²) >= 11 is 0. The highest BCUT2D eigenvalue weighted by atomic mass is 19.4. The van der Waals surface area contributed by atoms with Gasteiger partial charge in [0.1, 0.15) is 0 Å². The first-order valence-corrected chi connectivity index (χ1v) is 6.13. The summed E-state index contributed by atoms with van der Waals surface area (Å²) in [7, 11) is 0. The average Bonchev–Trinajstić information content (AvgIpc) is 2.19. The second-order valence-electron chi connectivity index (χ2n) is 5.67. The standard InChI is InChI=1S/C12H22F3NO/c1-11(2)5-3-10(4-6-11)17-8-9(7-16)12(13,14)15/h9-10H,3-8,16H2,1-2H3. The van der Waals surface area contributed by atoms with Gasteiger partial charge in [0.05, 0.1) is 18.6 Å². The summed E-state index contributed by atoms with van der Waals surface area (Å²) in [6.45, 7) is 3.66. The van der Waals surface area contributed by atoms with Gasteiger partial charge in [-0.2, -0.15) is 13.2 Å². The molecular weight excluding hydrogens is 231 g/mol. The molecule has 0 spiro atoms. The lowest BCUT2D eigenvalue weighted by Gasteiger charge is -2.34. The van der Waals surface area contributed by atoms with E-state index in [1.165, 1.54) is 0 Å². The maximum Gasteiger partial charge on any atom is 0.395 e. The van der Waals surface area contributed by atoms with Gasteiger partial charge >= 0.3 is 6.18 Å². The molecule has 0 aromatic rings. The minimum absolute atomic E-state index is 0.0283. The molecule has 102 valence electrons. The Bertz CT molecular complexity index is 230. The van der Waals surface area contributed by atoms with Crippen LogP contribution >= 0.6 is 0 Å². The van der Waals surface area contributed by atoms with E-state index < -0.39 is 18.6 Å². The molecule has 0 bridgehead atoms. The van der Waals surface area contributed by atoms with E-state index in [0.29, 0.717) is 5.41 Å². The second kappa shape index (κ2) is 5.57. The molecule has 1 aliphatic rings. The molecule has 5 heteroatoms. The minimum Gasteiger partial charge on any atom is -0.378 e. The van der Waals surface area contributed by atoms with Crippen LogP contribution in [0.3, 0.4) is 0 Å². The molecule has 0 heterocycles. The van der Waals surface area contributed by atoms with Crippen LogP contribution in [0.4, 0.5) is 13.2 Å². The molecule has 1 rings (SSSR count). The van der Waals surface area contributed by atoms with Gasteiger partial charge in [-0.25, -0.2) is 0 Å². The molecule has 0 aliphatic heterocycles. The zero-order valence-electron chi connectivity index (χ0n) is 10.5. The number of rotatable bonds is 4. The Morgan fingerprint density at radius 1 is 1.29 bits per heavy atom. The molecule has 2 N–H and O–H groups in total. The van der Waals surface area contributed by atoms with Crippen LogP contribution in [0.25, 0.3) is 0 Å². The van der Waals surface area contributed by atoms with Crippen molar-refractivity contribution in [1.29, 1.82) is 0 Å². The van der Waals surface area contributed by atoms with Crippen LogP contribution in [0.1, 0.15) is 39.5 Å². The van der Waals surface area contributed by atoms with Crippen molar-refractivity contribution < 1.29 is 17.9 Å². The van der Waals surface area contributed by atoms with Crippen LogP contribution in [0, 0.1) is 11.3 Å². The Morgan fingerprint density at radius 3 is 2.24 bits per heavy atom.